The van der Waals surface area contributed by atoms with Crippen LogP contribution in [0.25, 0.3) is 0 Å². The van der Waals surface area contributed by atoms with E-state index in [1.54, 1.807) is 4.90 Å². The van der Waals surface area contributed by atoms with Crippen molar-refractivity contribution < 1.29 is 4.79 Å². The Balaban J connectivity index is 2.05. The van der Waals surface area contributed by atoms with E-state index in [1.165, 1.54) is 0 Å². The number of likely N-dealkylation sites (tertiary alicyclic amines) is 1. The van der Waals surface area contributed by atoms with Gasteiger partial charge in [0.25, 0.3) is 0 Å². The Bertz CT molecular complexity index is 363. The summed E-state index contributed by atoms with van der Waals surface area (Å²) in [6.45, 7) is 3.96. The normalized spacial score (nSPS) is 19.9. The monoisotopic (exact) mass is 218 g/mol. The first kappa shape index (κ1) is 11.0. The average molecular weight is 218 g/mol. The van der Waals surface area contributed by atoms with Gasteiger partial charge in [-0.25, -0.2) is 4.79 Å². The van der Waals surface area contributed by atoms with E-state index in [1.807, 2.05) is 42.3 Å². The van der Waals surface area contributed by atoms with Gasteiger partial charge in [0.05, 0.1) is 0 Å². The van der Waals surface area contributed by atoms with Crippen molar-refractivity contribution in [3.8, 4) is 0 Å². The third-order valence-corrected chi connectivity index (χ3v) is 3.12. The van der Waals surface area contributed by atoms with E-state index in [0.29, 0.717) is 5.92 Å². The van der Waals surface area contributed by atoms with Crippen molar-refractivity contribution in [2.45, 2.75) is 13.3 Å². The first-order chi connectivity index (χ1) is 7.68. The van der Waals surface area contributed by atoms with Gasteiger partial charge in [0, 0.05) is 25.8 Å². The minimum Gasteiger partial charge on any atom is -0.324 e. The minimum atomic E-state index is 0.107. The van der Waals surface area contributed by atoms with Crippen LogP contribution in [0.15, 0.2) is 30.3 Å². The van der Waals surface area contributed by atoms with Crippen molar-refractivity contribution in [1.29, 1.82) is 0 Å². The molecule has 1 heterocycles. The number of amides is 2. The van der Waals surface area contributed by atoms with Crippen LogP contribution in [-0.4, -0.2) is 31.1 Å². The maximum atomic E-state index is 12.1. The van der Waals surface area contributed by atoms with Crippen LogP contribution in [0, 0.1) is 5.92 Å². The predicted octanol–water partition coefficient (Wildman–Crippen LogP) is 2.58. The maximum absolute atomic E-state index is 12.1. The molecule has 1 aromatic carbocycles. The highest BCUT2D eigenvalue weighted by atomic mass is 16.2. The second kappa shape index (κ2) is 4.56. The van der Waals surface area contributed by atoms with Crippen molar-refractivity contribution >= 4 is 11.7 Å². The SMILES string of the molecule is C[C@H]1CCN(C(=O)N(C)c2ccccc2)C1. The van der Waals surface area contributed by atoms with Crippen LogP contribution in [-0.2, 0) is 0 Å². The molecule has 0 spiro atoms. The van der Waals surface area contributed by atoms with Crippen molar-refractivity contribution in [3.05, 3.63) is 30.3 Å². The minimum absolute atomic E-state index is 0.107. The zero-order valence-corrected chi connectivity index (χ0v) is 9.89. The summed E-state index contributed by atoms with van der Waals surface area (Å²) >= 11 is 0. The molecule has 0 bridgehead atoms. The smallest absolute Gasteiger partial charge is 0.324 e. The van der Waals surface area contributed by atoms with E-state index in [-0.39, 0.29) is 6.03 Å². The summed E-state index contributed by atoms with van der Waals surface area (Å²) in [5.41, 5.74) is 0.951. The Kier molecular flexibility index (Phi) is 3.13. The average Bonchev–Trinajstić information content (AvgIpc) is 2.75. The van der Waals surface area contributed by atoms with E-state index in [2.05, 4.69) is 6.92 Å². The molecule has 1 atom stereocenters. The summed E-state index contributed by atoms with van der Waals surface area (Å²) in [5.74, 6) is 0.633. The van der Waals surface area contributed by atoms with Gasteiger partial charge in [0.1, 0.15) is 0 Å². The van der Waals surface area contributed by atoms with Crippen molar-refractivity contribution in [1.82, 2.24) is 4.90 Å². The summed E-state index contributed by atoms with van der Waals surface area (Å²) in [5, 5.41) is 0. The fourth-order valence-corrected chi connectivity index (χ4v) is 2.08. The zero-order chi connectivity index (χ0) is 11.5. The van der Waals surface area contributed by atoms with E-state index in [0.717, 1.165) is 25.2 Å². The van der Waals surface area contributed by atoms with Gasteiger partial charge < -0.3 is 4.90 Å². The molecule has 1 saturated heterocycles. The van der Waals surface area contributed by atoms with Crippen LogP contribution in [0.2, 0.25) is 0 Å². The first-order valence-corrected chi connectivity index (χ1v) is 5.76. The lowest BCUT2D eigenvalue weighted by Crippen LogP contribution is -2.39. The molecule has 1 fully saturated rings. The molecule has 0 unspecified atom stereocenters. The summed E-state index contributed by atoms with van der Waals surface area (Å²) in [6, 6.07) is 9.88. The van der Waals surface area contributed by atoms with E-state index in [4.69, 9.17) is 0 Å². The summed E-state index contributed by atoms with van der Waals surface area (Å²) in [7, 11) is 1.83. The largest absolute Gasteiger partial charge is 0.324 e. The molecular weight excluding hydrogens is 200 g/mol. The quantitative estimate of drug-likeness (QED) is 0.710. The Labute approximate surface area is 96.7 Å². The topological polar surface area (TPSA) is 23.6 Å². The molecule has 0 N–H and O–H groups in total. The molecule has 1 aliphatic heterocycles. The summed E-state index contributed by atoms with van der Waals surface area (Å²) < 4.78 is 0. The predicted molar refractivity (Wildman–Crippen MR) is 65.6 cm³/mol. The molecule has 2 amide bonds. The number of hydrogen-bond donors (Lipinski definition) is 0. The van der Waals surface area contributed by atoms with E-state index < -0.39 is 0 Å². The molecule has 3 nitrogen and oxygen atoms in total. The van der Waals surface area contributed by atoms with E-state index >= 15 is 0 Å². The highest BCUT2D eigenvalue weighted by molar-refractivity contribution is 5.91. The van der Waals surface area contributed by atoms with Gasteiger partial charge in [0.15, 0.2) is 0 Å². The Hall–Kier alpha value is -1.51. The number of rotatable bonds is 1. The molecule has 1 aromatic rings. The third kappa shape index (κ3) is 2.18. The van der Waals surface area contributed by atoms with Gasteiger partial charge in [-0.05, 0) is 24.5 Å². The summed E-state index contributed by atoms with van der Waals surface area (Å²) in [6.07, 6.45) is 1.12. The lowest BCUT2D eigenvalue weighted by Gasteiger charge is -2.24. The van der Waals surface area contributed by atoms with E-state index in [9.17, 15) is 4.79 Å². The summed E-state index contributed by atoms with van der Waals surface area (Å²) in [4.78, 5) is 15.8. The van der Waals surface area contributed by atoms with Crippen LogP contribution in [0.3, 0.4) is 0 Å². The second-order valence-electron chi connectivity index (χ2n) is 4.52. The lowest BCUT2D eigenvalue weighted by atomic mass is 10.2. The molecule has 2 rings (SSSR count). The fourth-order valence-electron chi connectivity index (χ4n) is 2.08. The lowest BCUT2D eigenvalue weighted by molar-refractivity contribution is 0.215. The Morgan fingerprint density at radius 2 is 2.06 bits per heavy atom. The number of nitrogens with zero attached hydrogens (tertiary/aromatic N) is 2. The number of carbonyl (C=O) groups excluding carboxylic acids is 1. The number of carbonyl (C=O) groups is 1. The number of para-hydroxylation sites is 1. The van der Waals surface area contributed by atoms with Crippen LogP contribution >= 0.6 is 0 Å². The standard InChI is InChI=1S/C13H18N2O/c1-11-8-9-15(10-11)13(16)14(2)12-6-4-3-5-7-12/h3-7,11H,8-10H2,1-2H3/t11-/m0/s1. The van der Waals surface area contributed by atoms with Gasteiger partial charge >= 0.3 is 6.03 Å². The van der Waals surface area contributed by atoms with Crippen molar-refractivity contribution in [2.24, 2.45) is 5.92 Å². The molecule has 0 aliphatic carbocycles. The Morgan fingerprint density at radius 1 is 1.38 bits per heavy atom. The highest BCUT2D eigenvalue weighted by Gasteiger charge is 2.25. The molecule has 16 heavy (non-hydrogen) atoms. The molecule has 0 saturated carbocycles. The molecule has 86 valence electrons. The first-order valence-electron chi connectivity index (χ1n) is 5.76. The molecule has 0 radical (unpaired) electrons. The van der Waals surface area contributed by atoms with Gasteiger partial charge in [0.2, 0.25) is 0 Å². The van der Waals surface area contributed by atoms with Crippen LogP contribution in [0.5, 0.6) is 0 Å². The van der Waals surface area contributed by atoms with Crippen molar-refractivity contribution in [2.75, 3.05) is 25.0 Å². The number of urea groups is 1. The zero-order valence-electron chi connectivity index (χ0n) is 9.89. The third-order valence-electron chi connectivity index (χ3n) is 3.12. The second-order valence-corrected chi connectivity index (χ2v) is 4.52. The fraction of sp³-hybridized carbons (Fsp3) is 0.462. The van der Waals surface area contributed by atoms with Gasteiger partial charge in [-0.15, -0.1) is 0 Å². The number of anilines is 1. The van der Waals surface area contributed by atoms with Crippen LogP contribution in [0.1, 0.15) is 13.3 Å². The van der Waals surface area contributed by atoms with Crippen LogP contribution < -0.4 is 4.90 Å². The molecule has 0 aromatic heterocycles. The van der Waals surface area contributed by atoms with Gasteiger partial charge in [-0.1, -0.05) is 25.1 Å². The molecular formula is C13H18N2O. The van der Waals surface area contributed by atoms with Gasteiger partial charge in [-0.3, -0.25) is 4.90 Å². The molecule has 3 heteroatoms. The molecule has 1 aliphatic rings. The Morgan fingerprint density at radius 3 is 2.62 bits per heavy atom. The number of benzene rings is 1. The number of hydrogen-bond acceptors (Lipinski definition) is 1. The highest BCUT2D eigenvalue weighted by Crippen LogP contribution is 2.19. The van der Waals surface area contributed by atoms with Gasteiger partial charge in [-0.2, -0.15) is 0 Å². The maximum Gasteiger partial charge on any atom is 0.324 e. The van der Waals surface area contributed by atoms with Crippen LogP contribution in [0.4, 0.5) is 10.5 Å². The van der Waals surface area contributed by atoms with Crippen molar-refractivity contribution in [3.63, 3.8) is 0 Å².